The first-order chi connectivity index (χ1) is 15.6. The van der Waals surface area contributed by atoms with Crippen LogP contribution in [0.5, 0.6) is 0 Å². The van der Waals surface area contributed by atoms with Crippen LogP contribution in [0.25, 0.3) is 11.1 Å². The Kier molecular flexibility index (Phi) is 6.07. The molecule has 3 heterocycles. The van der Waals surface area contributed by atoms with Crippen LogP contribution in [-0.4, -0.2) is 45.5 Å². The molecular formula is C22H24F3N7O. The van der Waals surface area contributed by atoms with Crippen LogP contribution in [0, 0.1) is 5.82 Å². The number of halogens is 3. The second-order valence-corrected chi connectivity index (χ2v) is 8.15. The van der Waals surface area contributed by atoms with Gasteiger partial charge in [0, 0.05) is 31.1 Å². The normalized spacial score (nSPS) is 18.9. The van der Waals surface area contributed by atoms with Gasteiger partial charge in [0.05, 0.1) is 18.4 Å². The Bertz CT molecular complexity index is 1130. The maximum atomic E-state index is 14.5. The van der Waals surface area contributed by atoms with Gasteiger partial charge in [0.15, 0.2) is 23.3 Å². The van der Waals surface area contributed by atoms with Gasteiger partial charge in [0.2, 0.25) is 5.95 Å². The van der Waals surface area contributed by atoms with Crippen LogP contribution in [0.3, 0.4) is 0 Å². The number of morpholine rings is 1. The van der Waals surface area contributed by atoms with E-state index in [9.17, 15) is 13.2 Å². The molecule has 1 aliphatic rings. The Morgan fingerprint density at radius 2 is 1.79 bits per heavy atom. The lowest BCUT2D eigenvalue weighted by Crippen LogP contribution is -2.46. The van der Waals surface area contributed by atoms with E-state index in [0.29, 0.717) is 30.2 Å². The summed E-state index contributed by atoms with van der Waals surface area (Å²) in [7, 11) is 0. The minimum atomic E-state index is -2.95. The fourth-order valence-corrected chi connectivity index (χ4v) is 3.70. The third-order valence-electron chi connectivity index (χ3n) is 5.21. The van der Waals surface area contributed by atoms with Crippen molar-refractivity contribution in [2.24, 2.45) is 0 Å². The number of nitrogen functional groups attached to an aromatic ring is 1. The first-order valence-corrected chi connectivity index (χ1v) is 10.4. The number of nitrogens with one attached hydrogen (secondary N) is 1. The number of rotatable bonds is 5. The lowest BCUT2D eigenvalue weighted by molar-refractivity contribution is -0.00572. The van der Waals surface area contributed by atoms with Crippen LogP contribution in [0.4, 0.5) is 36.6 Å². The lowest BCUT2D eigenvalue weighted by atomic mass is 10.0. The summed E-state index contributed by atoms with van der Waals surface area (Å²) in [4.78, 5) is 10.3. The van der Waals surface area contributed by atoms with Crippen molar-refractivity contribution >= 4 is 23.4 Å². The standard InChI is InChI=1S/C22H24F3N7O/c1-12-10-32(11-13(2)33-12)21-27-9-17(23)20(29-21)28-18-8-16(19(26)31-30-18)14-4-6-15(7-5-14)22(3,24)25/h4-9,12-13H,10-11H2,1-3H3,(H2,26,31)(H,27,28,29,30)/t12-,13+. The predicted octanol–water partition coefficient (Wildman–Crippen LogP) is 4.12. The summed E-state index contributed by atoms with van der Waals surface area (Å²) < 4.78 is 47.2. The number of hydrogen-bond donors (Lipinski definition) is 2. The van der Waals surface area contributed by atoms with Crippen LogP contribution in [-0.2, 0) is 10.7 Å². The van der Waals surface area contributed by atoms with Gasteiger partial charge < -0.3 is 20.7 Å². The smallest absolute Gasteiger partial charge is 0.270 e. The molecule has 0 aliphatic carbocycles. The minimum absolute atomic E-state index is 0.0108. The molecule has 174 valence electrons. The van der Waals surface area contributed by atoms with Crippen LogP contribution >= 0.6 is 0 Å². The molecule has 1 aromatic carbocycles. The van der Waals surface area contributed by atoms with E-state index < -0.39 is 11.7 Å². The molecule has 2 atom stereocenters. The van der Waals surface area contributed by atoms with Crippen molar-refractivity contribution in [2.75, 3.05) is 29.0 Å². The van der Waals surface area contributed by atoms with E-state index in [0.717, 1.165) is 13.1 Å². The molecule has 1 saturated heterocycles. The highest BCUT2D eigenvalue weighted by atomic mass is 19.3. The molecule has 0 spiro atoms. The maximum absolute atomic E-state index is 14.5. The quantitative estimate of drug-likeness (QED) is 0.587. The zero-order valence-corrected chi connectivity index (χ0v) is 18.4. The third kappa shape index (κ3) is 5.14. The number of benzene rings is 1. The second-order valence-electron chi connectivity index (χ2n) is 8.15. The lowest BCUT2D eigenvalue weighted by Gasteiger charge is -2.35. The molecule has 3 N–H and O–H groups in total. The topological polar surface area (TPSA) is 102 Å². The zero-order valence-electron chi connectivity index (χ0n) is 18.4. The summed E-state index contributed by atoms with van der Waals surface area (Å²) in [5.74, 6) is -3.03. The molecule has 0 unspecified atom stereocenters. The Morgan fingerprint density at radius 1 is 1.12 bits per heavy atom. The van der Waals surface area contributed by atoms with Crippen molar-refractivity contribution in [3.8, 4) is 11.1 Å². The largest absolute Gasteiger partial charge is 0.382 e. The van der Waals surface area contributed by atoms with E-state index in [1.165, 1.54) is 24.3 Å². The molecule has 33 heavy (non-hydrogen) atoms. The number of anilines is 4. The van der Waals surface area contributed by atoms with Gasteiger partial charge in [-0.15, -0.1) is 10.2 Å². The third-order valence-corrected chi connectivity index (χ3v) is 5.21. The monoisotopic (exact) mass is 459 g/mol. The van der Waals surface area contributed by atoms with E-state index in [1.54, 1.807) is 6.07 Å². The Morgan fingerprint density at radius 3 is 2.42 bits per heavy atom. The van der Waals surface area contributed by atoms with Gasteiger partial charge in [0.1, 0.15) is 0 Å². The molecule has 0 radical (unpaired) electrons. The van der Waals surface area contributed by atoms with E-state index >= 15 is 0 Å². The Labute approximate surface area is 189 Å². The van der Waals surface area contributed by atoms with E-state index in [4.69, 9.17) is 10.5 Å². The molecule has 1 fully saturated rings. The Hall–Kier alpha value is -3.47. The van der Waals surface area contributed by atoms with Gasteiger partial charge in [-0.3, -0.25) is 0 Å². The molecule has 11 heteroatoms. The van der Waals surface area contributed by atoms with E-state index in [2.05, 4.69) is 25.5 Å². The van der Waals surface area contributed by atoms with Crippen molar-refractivity contribution in [3.63, 3.8) is 0 Å². The van der Waals surface area contributed by atoms with Gasteiger partial charge in [-0.25, -0.2) is 18.2 Å². The summed E-state index contributed by atoms with van der Waals surface area (Å²) in [6.07, 6.45) is 1.07. The highest BCUT2D eigenvalue weighted by molar-refractivity contribution is 5.76. The average Bonchev–Trinajstić information content (AvgIpc) is 2.75. The van der Waals surface area contributed by atoms with Crippen LogP contribution in [0.15, 0.2) is 36.5 Å². The van der Waals surface area contributed by atoms with Gasteiger partial charge in [0.25, 0.3) is 5.92 Å². The fourth-order valence-electron chi connectivity index (χ4n) is 3.70. The number of ether oxygens (including phenoxy) is 1. The number of nitrogens with zero attached hydrogens (tertiary/aromatic N) is 5. The highest BCUT2D eigenvalue weighted by Gasteiger charge is 2.25. The second kappa shape index (κ2) is 8.81. The van der Waals surface area contributed by atoms with Crippen molar-refractivity contribution in [2.45, 2.75) is 38.9 Å². The van der Waals surface area contributed by atoms with Crippen LogP contribution < -0.4 is 16.0 Å². The fraction of sp³-hybridized carbons (Fsp3) is 0.364. The average molecular weight is 459 g/mol. The van der Waals surface area contributed by atoms with Gasteiger partial charge in [-0.2, -0.15) is 4.98 Å². The van der Waals surface area contributed by atoms with E-state index in [1.807, 2.05) is 18.7 Å². The van der Waals surface area contributed by atoms with Gasteiger partial charge in [-0.05, 0) is 25.5 Å². The van der Waals surface area contributed by atoms with Crippen LogP contribution in [0.2, 0.25) is 0 Å². The molecule has 4 rings (SSSR count). The SMILES string of the molecule is C[C@@H]1CN(c2ncc(F)c(Nc3cc(-c4ccc(C(C)(F)F)cc4)c(N)nn3)n2)C[C@H](C)O1. The maximum Gasteiger partial charge on any atom is 0.270 e. The molecule has 3 aromatic rings. The molecule has 2 aromatic heterocycles. The van der Waals surface area contributed by atoms with Gasteiger partial charge in [-0.1, -0.05) is 24.3 Å². The first-order valence-electron chi connectivity index (χ1n) is 10.4. The molecule has 1 aliphatic heterocycles. The van der Waals surface area contributed by atoms with Gasteiger partial charge >= 0.3 is 0 Å². The number of nitrogens with two attached hydrogens (primary N) is 1. The Balaban J connectivity index is 1.60. The summed E-state index contributed by atoms with van der Waals surface area (Å²) >= 11 is 0. The van der Waals surface area contributed by atoms with Crippen molar-refractivity contribution in [3.05, 3.63) is 47.9 Å². The zero-order chi connectivity index (χ0) is 23.8. The number of alkyl halides is 2. The highest BCUT2D eigenvalue weighted by Crippen LogP contribution is 2.32. The minimum Gasteiger partial charge on any atom is -0.382 e. The molecule has 8 nitrogen and oxygen atoms in total. The summed E-state index contributed by atoms with van der Waals surface area (Å²) in [5, 5.41) is 10.7. The number of aromatic nitrogens is 4. The summed E-state index contributed by atoms with van der Waals surface area (Å²) in [6.45, 7) is 5.88. The molecule has 0 bridgehead atoms. The molecular weight excluding hydrogens is 435 g/mol. The summed E-state index contributed by atoms with van der Waals surface area (Å²) in [5.41, 5.74) is 6.86. The predicted molar refractivity (Wildman–Crippen MR) is 119 cm³/mol. The first kappa shape index (κ1) is 22.7. The van der Waals surface area contributed by atoms with Crippen molar-refractivity contribution < 1.29 is 17.9 Å². The van der Waals surface area contributed by atoms with E-state index in [-0.39, 0.29) is 35.2 Å². The molecule has 0 amide bonds. The number of hydrogen-bond acceptors (Lipinski definition) is 8. The molecule has 0 saturated carbocycles. The van der Waals surface area contributed by atoms with Crippen molar-refractivity contribution in [1.29, 1.82) is 0 Å². The van der Waals surface area contributed by atoms with Crippen LogP contribution in [0.1, 0.15) is 26.3 Å². The summed E-state index contributed by atoms with van der Waals surface area (Å²) in [6, 6.07) is 7.25. The van der Waals surface area contributed by atoms with Crippen molar-refractivity contribution in [1.82, 2.24) is 20.2 Å².